The number of nitro groups is 2. The van der Waals surface area contributed by atoms with Crippen LogP contribution in [-0.2, 0) is 9.59 Å². The smallest absolute Gasteiger partial charge is 0.282 e. The van der Waals surface area contributed by atoms with E-state index in [1.165, 1.54) is 0 Å². The average molecular weight is 344 g/mol. The van der Waals surface area contributed by atoms with E-state index in [0.29, 0.717) is 0 Å². The van der Waals surface area contributed by atoms with Crippen LogP contribution in [-0.4, -0.2) is 26.7 Å². The van der Waals surface area contributed by atoms with Crippen molar-refractivity contribution in [3.05, 3.63) is 50.6 Å². The highest BCUT2D eigenvalue weighted by Crippen LogP contribution is 2.52. The quantitative estimate of drug-likeness (QED) is 0.379. The summed E-state index contributed by atoms with van der Waals surface area (Å²) in [7, 11) is 0. The Morgan fingerprint density at radius 1 is 1.00 bits per heavy atom. The molecule has 1 aliphatic heterocycles. The number of hydrogen-bond donors (Lipinski definition) is 1. The fraction of sp³-hybridized carbons (Fsp3) is 0.333. The summed E-state index contributed by atoms with van der Waals surface area (Å²) in [6, 6.07) is 2.99. The number of non-ortho nitro benzene ring substituents is 1. The third-order valence-electron chi connectivity index (χ3n) is 5.09. The van der Waals surface area contributed by atoms with Gasteiger partial charge in [0.15, 0.2) is 0 Å². The van der Waals surface area contributed by atoms with Crippen molar-refractivity contribution in [1.82, 2.24) is 5.01 Å². The summed E-state index contributed by atoms with van der Waals surface area (Å²) in [5, 5.41) is 22.8. The highest BCUT2D eigenvalue weighted by Gasteiger charge is 2.59. The molecule has 128 valence electrons. The fourth-order valence-electron chi connectivity index (χ4n) is 4.01. The monoisotopic (exact) mass is 344 g/mol. The molecule has 4 rings (SSSR count). The molecule has 1 saturated carbocycles. The molecule has 25 heavy (non-hydrogen) atoms. The van der Waals surface area contributed by atoms with Crippen LogP contribution in [0.4, 0.5) is 17.1 Å². The number of nitro benzene ring substituents is 2. The van der Waals surface area contributed by atoms with Gasteiger partial charge in [-0.3, -0.25) is 35.2 Å². The third-order valence-corrected chi connectivity index (χ3v) is 5.09. The summed E-state index contributed by atoms with van der Waals surface area (Å²) in [4.78, 5) is 45.6. The minimum atomic E-state index is -0.799. The molecule has 0 spiro atoms. The Kier molecular flexibility index (Phi) is 3.11. The third kappa shape index (κ3) is 2.10. The number of carbonyl (C=O) groups is 2. The van der Waals surface area contributed by atoms with Gasteiger partial charge in [0.1, 0.15) is 5.69 Å². The Morgan fingerprint density at radius 2 is 1.60 bits per heavy atom. The molecule has 10 heteroatoms. The average Bonchev–Trinajstić information content (AvgIpc) is 3.24. The van der Waals surface area contributed by atoms with Gasteiger partial charge in [0.2, 0.25) is 0 Å². The van der Waals surface area contributed by atoms with Crippen molar-refractivity contribution in [3.63, 3.8) is 0 Å². The molecule has 3 aliphatic rings. The van der Waals surface area contributed by atoms with E-state index in [1.807, 2.05) is 12.2 Å². The first-order valence-corrected chi connectivity index (χ1v) is 7.64. The van der Waals surface area contributed by atoms with Gasteiger partial charge in [0, 0.05) is 6.07 Å². The summed E-state index contributed by atoms with van der Waals surface area (Å²) in [5.74, 6) is -1.67. The van der Waals surface area contributed by atoms with E-state index in [9.17, 15) is 29.8 Å². The molecule has 4 atom stereocenters. The number of nitrogens with one attached hydrogen (secondary N) is 1. The molecule has 1 aromatic rings. The van der Waals surface area contributed by atoms with E-state index in [4.69, 9.17) is 0 Å². The molecule has 2 bridgehead atoms. The second-order valence-corrected chi connectivity index (χ2v) is 6.34. The number of hydrogen-bond acceptors (Lipinski definition) is 7. The lowest BCUT2D eigenvalue weighted by molar-refractivity contribution is -0.393. The van der Waals surface area contributed by atoms with Crippen LogP contribution in [0.3, 0.4) is 0 Å². The molecule has 1 heterocycles. The van der Waals surface area contributed by atoms with Crippen molar-refractivity contribution >= 4 is 28.9 Å². The second-order valence-electron chi connectivity index (χ2n) is 6.34. The highest BCUT2D eigenvalue weighted by atomic mass is 16.6. The number of imide groups is 1. The van der Waals surface area contributed by atoms with E-state index in [1.54, 1.807) is 0 Å². The van der Waals surface area contributed by atoms with Gasteiger partial charge in [-0.1, -0.05) is 12.2 Å². The molecule has 10 nitrogen and oxygen atoms in total. The lowest BCUT2D eigenvalue weighted by Crippen LogP contribution is -2.38. The van der Waals surface area contributed by atoms with Gasteiger partial charge in [0.25, 0.3) is 17.5 Å². The highest BCUT2D eigenvalue weighted by molar-refractivity contribution is 6.07. The van der Waals surface area contributed by atoms with Crippen LogP contribution in [0.25, 0.3) is 0 Å². The van der Waals surface area contributed by atoms with Gasteiger partial charge in [0.05, 0.1) is 27.7 Å². The SMILES string of the molecule is O=C1[C@@H]2[C@H](C(=O)N1Nc1ccc([N+](=O)[O-])cc1[N+](=O)[O-])[C@H]1C=C[C@H]2C1. The molecule has 0 unspecified atom stereocenters. The summed E-state index contributed by atoms with van der Waals surface area (Å²) < 4.78 is 0. The van der Waals surface area contributed by atoms with Crippen molar-refractivity contribution in [2.24, 2.45) is 23.7 Å². The van der Waals surface area contributed by atoms with Crippen LogP contribution in [0, 0.1) is 43.9 Å². The van der Waals surface area contributed by atoms with Crippen LogP contribution in [0.15, 0.2) is 30.4 Å². The van der Waals surface area contributed by atoms with Crippen molar-refractivity contribution < 1.29 is 19.4 Å². The summed E-state index contributed by atoms with van der Waals surface area (Å²) in [6.07, 6.45) is 4.65. The predicted octanol–water partition coefficient (Wildman–Crippen LogP) is 1.64. The van der Waals surface area contributed by atoms with Gasteiger partial charge in [-0.05, 0) is 24.3 Å². The number of carbonyl (C=O) groups excluding carboxylic acids is 2. The number of benzene rings is 1. The molecule has 0 radical (unpaired) electrons. The number of rotatable bonds is 4. The summed E-state index contributed by atoms with van der Waals surface area (Å²) in [6.45, 7) is 0. The molecule has 2 fully saturated rings. The van der Waals surface area contributed by atoms with Crippen LogP contribution >= 0.6 is 0 Å². The summed E-state index contributed by atoms with van der Waals surface area (Å²) >= 11 is 0. The van der Waals surface area contributed by atoms with Gasteiger partial charge < -0.3 is 0 Å². The minimum absolute atomic E-state index is 0.0186. The lowest BCUT2D eigenvalue weighted by atomic mass is 9.85. The molecule has 0 aromatic heterocycles. The standard InChI is InChI=1S/C15H12N4O6/c20-14-12-7-1-2-8(5-7)13(12)15(21)17(14)16-10-4-3-9(18(22)23)6-11(10)19(24)25/h1-4,6-8,12-13,16H,5H2/t7-,8-,12-,13+/m0/s1. The number of anilines is 1. The van der Waals surface area contributed by atoms with Gasteiger partial charge >= 0.3 is 5.69 Å². The topological polar surface area (TPSA) is 136 Å². The van der Waals surface area contributed by atoms with Crippen molar-refractivity contribution in [2.45, 2.75) is 6.42 Å². The van der Waals surface area contributed by atoms with Gasteiger partial charge in [-0.25, -0.2) is 0 Å². The number of nitrogens with zero attached hydrogens (tertiary/aromatic N) is 3. The first-order chi connectivity index (χ1) is 11.9. The molecule has 1 N–H and O–H groups in total. The van der Waals surface area contributed by atoms with Crippen LogP contribution in [0.1, 0.15) is 6.42 Å². The second kappa shape index (κ2) is 5.10. The fourth-order valence-corrected chi connectivity index (χ4v) is 4.01. The number of hydrazine groups is 1. The lowest BCUT2D eigenvalue weighted by Gasteiger charge is -2.19. The number of allylic oxidation sites excluding steroid dienone is 2. The number of amides is 2. The molecule has 2 aliphatic carbocycles. The zero-order valence-electron chi connectivity index (χ0n) is 12.7. The maximum Gasteiger partial charge on any atom is 0.300 e. The van der Waals surface area contributed by atoms with Crippen molar-refractivity contribution in [1.29, 1.82) is 0 Å². The Hall–Kier alpha value is -3.30. The van der Waals surface area contributed by atoms with E-state index < -0.39 is 44.9 Å². The molecule has 1 saturated heterocycles. The van der Waals surface area contributed by atoms with Crippen molar-refractivity contribution in [2.75, 3.05) is 5.43 Å². The Morgan fingerprint density at radius 3 is 2.12 bits per heavy atom. The van der Waals surface area contributed by atoms with E-state index in [2.05, 4.69) is 5.43 Å². The van der Waals surface area contributed by atoms with E-state index >= 15 is 0 Å². The van der Waals surface area contributed by atoms with E-state index in [0.717, 1.165) is 29.6 Å². The van der Waals surface area contributed by atoms with Crippen LogP contribution in [0.2, 0.25) is 0 Å². The van der Waals surface area contributed by atoms with Crippen LogP contribution < -0.4 is 5.43 Å². The Bertz CT molecular complexity index is 836. The molecule has 1 aromatic carbocycles. The largest absolute Gasteiger partial charge is 0.300 e. The first kappa shape index (κ1) is 15.2. The van der Waals surface area contributed by atoms with Crippen molar-refractivity contribution in [3.8, 4) is 0 Å². The molecule has 2 amide bonds. The molecular formula is C15H12N4O6. The predicted molar refractivity (Wildman–Crippen MR) is 82.9 cm³/mol. The van der Waals surface area contributed by atoms with Gasteiger partial charge in [-0.2, -0.15) is 5.01 Å². The zero-order valence-corrected chi connectivity index (χ0v) is 12.7. The molecular weight excluding hydrogens is 332 g/mol. The van der Waals surface area contributed by atoms with Crippen LogP contribution in [0.5, 0.6) is 0 Å². The maximum atomic E-state index is 12.6. The normalized spacial score (nSPS) is 29.2. The number of fused-ring (bicyclic) bond motifs is 5. The minimum Gasteiger partial charge on any atom is -0.282 e. The Balaban J connectivity index is 1.65. The summed E-state index contributed by atoms with van der Waals surface area (Å²) in [5.41, 5.74) is 1.33. The zero-order chi connectivity index (χ0) is 17.9. The Labute approximate surface area is 140 Å². The first-order valence-electron chi connectivity index (χ1n) is 7.64. The maximum absolute atomic E-state index is 12.6. The van der Waals surface area contributed by atoms with Gasteiger partial charge in [-0.15, -0.1) is 0 Å². The van der Waals surface area contributed by atoms with E-state index in [-0.39, 0.29) is 17.5 Å².